The van der Waals surface area contributed by atoms with Gasteiger partial charge in [-0.3, -0.25) is 9.89 Å². The fourth-order valence-electron chi connectivity index (χ4n) is 4.71. The van der Waals surface area contributed by atoms with Crippen molar-refractivity contribution in [3.8, 4) is 0 Å². The molecule has 3 atom stereocenters. The van der Waals surface area contributed by atoms with E-state index in [9.17, 15) is 14.3 Å². The van der Waals surface area contributed by atoms with E-state index in [0.29, 0.717) is 12.0 Å². The maximum Gasteiger partial charge on any atom is 0.165 e. The van der Waals surface area contributed by atoms with E-state index in [1.165, 1.54) is 12.1 Å². The van der Waals surface area contributed by atoms with Gasteiger partial charge in [-0.05, 0) is 48.4 Å². The summed E-state index contributed by atoms with van der Waals surface area (Å²) in [6.07, 6.45) is 4.91. The zero-order valence-electron chi connectivity index (χ0n) is 13.4. The van der Waals surface area contributed by atoms with Crippen molar-refractivity contribution < 1.29 is 14.3 Å². The van der Waals surface area contributed by atoms with Crippen molar-refractivity contribution in [2.24, 2.45) is 11.8 Å². The summed E-state index contributed by atoms with van der Waals surface area (Å²) in [7, 11) is 0. The average molecular weight is 326 g/mol. The van der Waals surface area contributed by atoms with Gasteiger partial charge in [-0.2, -0.15) is 5.10 Å². The number of allylic oxidation sites excluding steroid dienone is 1. The van der Waals surface area contributed by atoms with E-state index in [4.69, 9.17) is 0 Å². The third-order valence-corrected chi connectivity index (χ3v) is 5.84. The van der Waals surface area contributed by atoms with Crippen molar-refractivity contribution in [3.63, 3.8) is 0 Å². The highest BCUT2D eigenvalue weighted by atomic mass is 19.1. The number of aromatic amines is 1. The number of fused-ring (bicyclic) bond motifs is 3. The highest BCUT2D eigenvalue weighted by Gasteiger charge is 2.54. The van der Waals surface area contributed by atoms with Crippen LogP contribution in [0, 0.1) is 17.7 Å². The van der Waals surface area contributed by atoms with Gasteiger partial charge in [-0.25, -0.2) is 4.39 Å². The summed E-state index contributed by atoms with van der Waals surface area (Å²) < 4.78 is 13.5. The van der Waals surface area contributed by atoms with Crippen molar-refractivity contribution in [2.45, 2.75) is 31.6 Å². The molecule has 1 saturated carbocycles. The fourth-order valence-corrected chi connectivity index (χ4v) is 4.71. The highest BCUT2D eigenvalue weighted by molar-refractivity contribution is 5.98. The molecule has 0 amide bonds. The van der Waals surface area contributed by atoms with Gasteiger partial charge in [0.05, 0.1) is 12.5 Å². The fraction of sp³-hybridized carbons (Fsp3) is 0.368. The second-order valence-corrected chi connectivity index (χ2v) is 6.88. The highest BCUT2D eigenvalue weighted by Crippen LogP contribution is 2.55. The molecular formula is C19H19FN2O2. The Labute approximate surface area is 139 Å². The molecule has 2 N–H and O–H groups in total. The summed E-state index contributed by atoms with van der Waals surface area (Å²) in [5.41, 5.74) is 3.02. The minimum Gasteiger partial charge on any atom is -0.515 e. The van der Waals surface area contributed by atoms with E-state index >= 15 is 0 Å². The number of hydrogen-bond acceptors (Lipinski definition) is 3. The van der Waals surface area contributed by atoms with Crippen LogP contribution < -0.4 is 0 Å². The standard InChI is InChI=1S/C19H19FN2O2/c1-11-16-7-2-12-9-21-22-18(12)19(16,8-13(10-23)17(11)24)14-3-5-15(20)6-4-14/h3-6,9-11,16,23H,2,7-8H2,1H3,(H,21,22)/t11-,16-,19+/m0/s1. The molecule has 4 rings (SSSR count). The van der Waals surface area contributed by atoms with Gasteiger partial charge < -0.3 is 5.11 Å². The number of ketones is 1. The average Bonchev–Trinajstić information content (AvgIpc) is 3.08. The first-order chi connectivity index (χ1) is 11.6. The van der Waals surface area contributed by atoms with Crippen LogP contribution >= 0.6 is 0 Å². The number of benzene rings is 1. The van der Waals surface area contributed by atoms with Gasteiger partial charge in [-0.1, -0.05) is 19.1 Å². The molecule has 1 fully saturated rings. The van der Waals surface area contributed by atoms with Crippen molar-refractivity contribution in [2.75, 3.05) is 0 Å². The van der Waals surface area contributed by atoms with Crippen LogP contribution in [0.5, 0.6) is 0 Å². The molecule has 124 valence electrons. The molecule has 2 aliphatic carbocycles. The molecule has 4 nitrogen and oxygen atoms in total. The number of aliphatic hydroxyl groups is 1. The molecular weight excluding hydrogens is 307 g/mol. The number of nitrogens with one attached hydrogen (secondary N) is 1. The van der Waals surface area contributed by atoms with Crippen LogP contribution in [0.2, 0.25) is 0 Å². The Morgan fingerprint density at radius 1 is 1.38 bits per heavy atom. The number of Topliss-reactive ketones (excluding diaryl/α,β-unsaturated/α-hetero) is 1. The molecule has 0 aliphatic heterocycles. The number of H-pyrrole nitrogens is 1. The monoisotopic (exact) mass is 326 g/mol. The number of aryl methyl sites for hydroxylation is 1. The third-order valence-electron chi connectivity index (χ3n) is 5.84. The lowest BCUT2D eigenvalue weighted by molar-refractivity contribution is -0.123. The van der Waals surface area contributed by atoms with E-state index in [1.54, 1.807) is 12.1 Å². The topological polar surface area (TPSA) is 66.0 Å². The lowest BCUT2D eigenvalue weighted by atomic mass is 9.52. The van der Waals surface area contributed by atoms with Gasteiger partial charge in [-0.15, -0.1) is 0 Å². The Bertz CT molecular complexity index is 824. The number of carbonyl (C=O) groups excluding carboxylic acids is 1. The number of hydrogen-bond donors (Lipinski definition) is 2. The van der Waals surface area contributed by atoms with E-state index < -0.39 is 5.41 Å². The van der Waals surface area contributed by atoms with Gasteiger partial charge in [0.2, 0.25) is 0 Å². The van der Waals surface area contributed by atoms with Crippen molar-refractivity contribution in [1.82, 2.24) is 10.2 Å². The van der Waals surface area contributed by atoms with Gasteiger partial charge >= 0.3 is 0 Å². The van der Waals surface area contributed by atoms with E-state index in [2.05, 4.69) is 10.2 Å². The second kappa shape index (κ2) is 5.30. The molecule has 1 aromatic heterocycles. The quantitative estimate of drug-likeness (QED) is 0.623. The SMILES string of the molecule is C[C@@H]1C(=O)C(=CO)C[C@]2(c3ccc(F)cc3)c3[nH]ncc3CC[C@@H]12. The summed E-state index contributed by atoms with van der Waals surface area (Å²) in [5.74, 6) is -0.404. The minimum atomic E-state index is -0.486. The van der Waals surface area contributed by atoms with Crippen LogP contribution in [0.3, 0.4) is 0 Å². The Kier molecular flexibility index (Phi) is 3.34. The van der Waals surface area contributed by atoms with Crippen molar-refractivity contribution >= 4 is 5.78 Å². The van der Waals surface area contributed by atoms with Crippen LogP contribution in [0.15, 0.2) is 42.3 Å². The number of halogens is 1. The number of nitrogens with zero attached hydrogens (tertiary/aromatic N) is 1. The molecule has 0 saturated heterocycles. The van der Waals surface area contributed by atoms with Crippen LogP contribution in [0.4, 0.5) is 4.39 Å². The summed E-state index contributed by atoms with van der Waals surface area (Å²) in [4.78, 5) is 12.6. The number of rotatable bonds is 1. The maximum absolute atomic E-state index is 13.5. The molecule has 2 aliphatic rings. The molecule has 0 bridgehead atoms. The van der Waals surface area contributed by atoms with Gasteiger partial charge in [0.15, 0.2) is 5.78 Å². The number of aliphatic hydroxyl groups excluding tert-OH is 1. The molecule has 1 heterocycles. The van der Waals surface area contributed by atoms with E-state index in [1.807, 2.05) is 13.1 Å². The lowest BCUT2D eigenvalue weighted by Gasteiger charge is -2.50. The minimum absolute atomic E-state index is 0.00296. The van der Waals surface area contributed by atoms with Crippen molar-refractivity contribution in [1.29, 1.82) is 0 Å². The zero-order chi connectivity index (χ0) is 16.9. The normalized spacial score (nSPS) is 30.9. The molecule has 24 heavy (non-hydrogen) atoms. The maximum atomic E-state index is 13.5. The Balaban J connectivity index is 1.99. The molecule has 1 aromatic carbocycles. The smallest absolute Gasteiger partial charge is 0.165 e. The molecule has 0 spiro atoms. The van der Waals surface area contributed by atoms with E-state index in [0.717, 1.165) is 35.9 Å². The Morgan fingerprint density at radius 2 is 2.12 bits per heavy atom. The second-order valence-electron chi connectivity index (χ2n) is 6.88. The van der Waals surface area contributed by atoms with Gasteiger partial charge in [0.25, 0.3) is 0 Å². The van der Waals surface area contributed by atoms with Crippen molar-refractivity contribution in [3.05, 3.63) is 64.9 Å². The Morgan fingerprint density at radius 3 is 2.83 bits per heavy atom. The Hall–Kier alpha value is -2.43. The first-order valence-corrected chi connectivity index (χ1v) is 8.24. The van der Waals surface area contributed by atoms with Crippen LogP contribution in [-0.4, -0.2) is 21.1 Å². The zero-order valence-corrected chi connectivity index (χ0v) is 13.4. The van der Waals surface area contributed by atoms with Crippen LogP contribution in [0.25, 0.3) is 0 Å². The summed E-state index contributed by atoms with van der Waals surface area (Å²) in [6, 6.07) is 6.48. The van der Waals surface area contributed by atoms with Crippen LogP contribution in [0.1, 0.15) is 36.6 Å². The number of aromatic nitrogens is 2. The van der Waals surface area contributed by atoms with E-state index in [-0.39, 0.29) is 23.4 Å². The molecule has 5 heteroatoms. The predicted molar refractivity (Wildman–Crippen MR) is 87.1 cm³/mol. The molecule has 2 aromatic rings. The first kappa shape index (κ1) is 15.1. The first-order valence-electron chi connectivity index (χ1n) is 8.24. The van der Waals surface area contributed by atoms with Gasteiger partial charge in [0.1, 0.15) is 5.82 Å². The third kappa shape index (κ3) is 1.90. The molecule has 0 unspecified atom stereocenters. The largest absolute Gasteiger partial charge is 0.515 e. The predicted octanol–water partition coefficient (Wildman–Crippen LogP) is 3.45. The van der Waals surface area contributed by atoms with Gasteiger partial charge in [0, 0.05) is 22.6 Å². The summed E-state index contributed by atoms with van der Waals surface area (Å²) >= 11 is 0. The summed E-state index contributed by atoms with van der Waals surface area (Å²) in [6.45, 7) is 1.93. The number of carbonyl (C=O) groups is 1. The molecule has 0 radical (unpaired) electrons. The summed E-state index contributed by atoms with van der Waals surface area (Å²) in [5, 5.41) is 16.9. The van der Waals surface area contributed by atoms with Crippen LogP contribution in [-0.2, 0) is 16.6 Å². The lowest BCUT2D eigenvalue weighted by Crippen LogP contribution is -2.50.